The van der Waals surface area contributed by atoms with Crippen LogP contribution in [0.4, 0.5) is 28.4 Å². The third-order valence-electron chi connectivity index (χ3n) is 9.29. The molecule has 4 aromatic rings. The van der Waals surface area contributed by atoms with Crippen molar-refractivity contribution in [3.63, 3.8) is 0 Å². The van der Waals surface area contributed by atoms with Crippen molar-refractivity contribution >= 4 is 42.4 Å². The number of carbonyl (C=O) groups is 1. The monoisotopic (exact) mass is 602 g/mol. The van der Waals surface area contributed by atoms with E-state index in [0.717, 1.165) is 34.0 Å². The van der Waals surface area contributed by atoms with E-state index < -0.39 is 8.07 Å². The molecule has 5 heteroatoms. The lowest BCUT2D eigenvalue weighted by Gasteiger charge is -2.42. The Labute approximate surface area is 265 Å². The van der Waals surface area contributed by atoms with Crippen molar-refractivity contribution in [2.45, 2.75) is 77.9 Å². The van der Waals surface area contributed by atoms with E-state index in [4.69, 9.17) is 4.74 Å². The van der Waals surface area contributed by atoms with E-state index in [1.165, 1.54) is 0 Å². The fourth-order valence-electron chi connectivity index (χ4n) is 7.13. The number of anilines is 5. The van der Waals surface area contributed by atoms with Gasteiger partial charge in [0, 0.05) is 23.1 Å². The van der Waals surface area contributed by atoms with Gasteiger partial charge in [0.05, 0.1) is 19.4 Å². The summed E-state index contributed by atoms with van der Waals surface area (Å²) in [7, 11) is -2.13. The van der Waals surface area contributed by atoms with Gasteiger partial charge in [-0.1, -0.05) is 110 Å². The number of rotatable bonds is 9. The van der Waals surface area contributed by atoms with Crippen molar-refractivity contribution in [2.24, 2.45) is 0 Å². The molecule has 0 saturated heterocycles. The molecule has 1 amide bonds. The maximum atomic E-state index is 14.6. The molecule has 0 spiro atoms. The van der Waals surface area contributed by atoms with Crippen LogP contribution in [-0.2, 0) is 4.79 Å². The number of nitrogens with zero attached hydrogens (tertiary/aromatic N) is 2. The average molecular weight is 603 g/mol. The lowest BCUT2D eigenvalue weighted by molar-refractivity contribution is -0.116. The number of carbonyl (C=O) groups excluding carboxylic acids is 1. The Morgan fingerprint density at radius 3 is 1.68 bits per heavy atom. The first-order valence-electron chi connectivity index (χ1n) is 15.9. The highest BCUT2D eigenvalue weighted by Gasteiger charge is 2.44. The summed E-state index contributed by atoms with van der Waals surface area (Å²) in [6, 6.07) is 35.2. The molecule has 4 aromatic carbocycles. The van der Waals surface area contributed by atoms with Crippen LogP contribution in [0.2, 0.25) is 16.6 Å². The molecule has 44 heavy (non-hydrogen) atoms. The van der Waals surface area contributed by atoms with Gasteiger partial charge in [-0.25, -0.2) is 0 Å². The highest BCUT2D eigenvalue weighted by molar-refractivity contribution is 6.88. The maximum Gasteiger partial charge on any atom is 0.297 e. The van der Waals surface area contributed by atoms with E-state index in [2.05, 4.69) is 145 Å². The zero-order valence-corrected chi connectivity index (χ0v) is 28.4. The van der Waals surface area contributed by atoms with E-state index in [1.807, 2.05) is 29.2 Å². The minimum absolute atomic E-state index is 0.0971. The van der Waals surface area contributed by atoms with E-state index in [0.29, 0.717) is 28.1 Å². The molecule has 1 aliphatic heterocycles. The molecule has 0 aromatic heterocycles. The minimum atomic E-state index is -2.13. The predicted octanol–water partition coefficient (Wildman–Crippen LogP) is 11.4. The zero-order valence-electron chi connectivity index (χ0n) is 27.4. The molecular formula is C39H46N2O2Si. The first kappa shape index (κ1) is 31.3. The highest BCUT2D eigenvalue weighted by atomic mass is 28.3. The SMILES string of the molecule is CC(C)c1ccccc1N1C(=O)/C(=C/[Si](C(C)C)(C(C)C)C(C)C)Oc2cc(N(c3ccccc3)c3ccccc3)ccc21. The fourth-order valence-corrected chi connectivity index (χ4v) is 12.8. The maximum absolute atomic E-state index is 14.6. The number of benzene rings is 4. The summed E-state index contributed by atoms with van der Waals surface area (Å²) < 4.78 is 6.74. The van der Waals surface area contributed by atoms with Crippen molar-refractivity contribution in [2.75, 3.05) is 9.80 Å². The number of fused-ring (bicyclic) bond motifs is 1. The highest BCUT2D eigenvalue weighted by Crippen LogP contribution is 2.48. The standard InChI is InChI=1S/C39H46N2O2Si/c1-27(2)34-21-15-16-22-35(34)41-36-24-23-33(40(31-17-11-9-12-18-31)32-19-13-10-14-20-32)25-37(36)43-38(39(41)42)26-44(28(3)4,29(5)6)30(7)8/h9-30H,1-8H3/b38-26-. The molecule has 0 bridgehead atoms. The lowest BCUT2D eigenvalue weighted by Crippen LogP contribution is -2.45. The van der Waals surface area contributed by atoms with Crippen LogP contribution in [0.1, 0.15) is 66.9 Å². The second-order valence-electron chi connectivity index (χ2n) is 13.1. The van der Waals surface area contributed by atoms with Gasteiger partial charge >= 0.3 is 0 Å². The Morgan fingerprint density at radius 1 is 0.636 bits per heavy atom. The van der Waals surface area contributed by atoms with Gasteiger partial charge in [0.2, 0.25) is 0 Å². The van der Waals surface area contributed by atoms with E-state index >= 15 is 0 Å². The third kappa shape index (κ3) is 5.73. The smallest absolute Gasteiger partial charge is 0.297 e. The Bertz CT molecular complexity index is 1570. The van der Waals surface area contributed by atoms with Gasteiger partial charge in [-0.15, -0.1) is 0 Å². The Kier molecular flexibility index (Phi) is 9.17. The number of para-hydroxylation sites is 3. The Balaban J connectivity index is 1.75. The van der Waals surface area contributed by atoms with Crippen molar-refractivity contribution in [3.05, 3.63) is 120 Å². The topological polar surface area (TPSA) is 32.8 Å². The third-order valence-corrected chi connectivity index (χ3v) is 16.0. The van der Waals surface area contributed by atoms with Crippen LogP contribution in [0, 0.1) is 0 Å². The Hall–Kier alpha value is -4.09. The molecule has 0 radical (unpaired) electrons. The van der Waals surface area contributed by atoms with Crippen molar-refractivity contribution in [1.82, 2.24) is 0 Å². The molecule has 1 heterocycles. The molecule has 0 atom stereocenters. The van der Waals surface area contributed by atoms with Crippen LogP contribution in [0.25, 0.3) is 0 Å². The number of hydrogen-bond acceptors (Lipinski definition) is 3. The normalized spacial score (nSPS) is 14.5. The Morgan fingerprint density at radius 2 is 1.16 bits per heavy atom. The second-order valence-corrected chi connectivity index (χ2v) is 18.8. The molecule has 228 valence electrons. The predicted molar refractivity (Wildman–Crippen MR) is 189 cm³/mol. The summed E-state index contributed by atoms with van der Waals surface area (Å²) in [5, 5.41) is 0. The van der Waals surface area contributed by atoms with E-state index in [-0.39, 0.29) is 11.8 Å². The van der Waals surface area contributed by atoms with Gasteiger partial charge in [-0.3, -0.25) is 9.69 Å². The summed E-state index contributed by atoms with van der Waals surface area (Å²) in [4.78, 5) is 18.7. The van der Waals surface area contributed by atoms with Crippen molar-refractivity contribution < 1.29 is 9.53 Å². The van der Waals surface area contributed by atoms with Crippen LogP contribution in [-0.4, -0.2) is 14.0 Å². The van der Waals surface area contributed by atoms with Gasteiger partial charge in [-0.05, 0) is 76.3 Å². The molecule has 4 nitrogen and oxygen atoms in total. The van der Waals surface area contributed by atoms with Crippen LogP contribution < -0.4 is 14.5 Å². The van der Waals surface area contributed by atoms with Crippen LogP contribution in [0.15, 0.2) is 115 Å². The summed E-state index contributed by atoms with van der Waals surface area (Å²) in [5.74, 6) is 1.28. The first-order valence-corrected chi connectivity index (χ1v) is 18.3. The first-order chi connectivity index (χ1) is 21.1. The quantitative estimate of drug-likeness (QED) is 0.141. The van der Waals surface area contributed by atoms with E-state index in [1.54, 1.807) is 0 Å². The van der Waals surface area contributed by atoms with Crippen LogP contribution in [0.3, 0.4) is 0 Å². The van der Waals surface area contributed by atoms with Crippen molar-refractivity contribution in [3.8, 4) is 5.75 Å². The molecule has 0 saturated carbocycles. The summed E-state index contributed by atoms with van der Waals surface area (Å²) in [6.07, 6.45) is 0. The summed E-state index contributed by atoms with van der Waals surface area (Å²) >= 11 is 0. The fraction of sp³-hybridized carbons (Fsp3) is 0.308. The minimum Gasteiger partial charge on any atom is -0.450 e. The van der Waals surface area contributed by atoms with Crippen LogP contribution in [0.5, 0.6) is 5.75 Å². The van der Waals surface area contributed by atoms with Gasteiger partial charge in [0.1, 0.15) is 0 Å². The number of amides is 1. The zero-order chi connectivity index (χ0) is 31.6. The lowest BCUT2D eigenvalue weighted by atomic mass is 9.99. The van der Waals surface area contributed by atoms with Gasteiger partial charge in [0.25, 0.3) is 5.91 Å². The van der Waals surface area contributed by atoms with Gasteiger partial charge in [0.15, 0.2) is 11.5 Å². The molecule has 0 N–H and O–H groups in total. The molecular weight excluding hydrogens is 557 g/mol. The number of ether oxygens (including phenoxy) is 1. The van der Waals surface area contributed by atoms with Gasteiger partial charge in [-0.2, -0.15) is 0 Å². The largest absolute Gasteiger partial charge is 0.450 e. The average Bonchev–Trinajstić information content (AvgIpc) is 3.00. The molecule has 1 aliphatic rings. The number of hydrogen-bond donors (Lipinski definition) is 0. The summed E-state index contributed by atoms with van der Waals surface area (Å²) in [5.41, 5.74) is 9.48. The van der Waals surface area contributed by atoms with Gasteiger partial charge < -0.3 is 9.64 Å². The summed E-state index contributed by atoms with van der Waals surface area (Å²) in [6.45, 7) is 18.2. The molecule has 0 fully saturated rings. The molecule has 0 unspecified atom stereocenters. The van der Waals surface area contributed by atoms with Crippen LogP contribution >= 0.6 is 0 Å². The molecule has 5 rings (SSSR count). The van der Waals surface area contributed by atoms with Crippen molar-refractivity contribution in [1.29, 1.82) is 0 Å². The molecule has 0 aliphatic carbocycles. The second kappa shape index (κ2) is 12.9. The van der Waals surface area contributed by atoms with E-state index in [9.17, 15) is 4.79 Å².